The minimum absolute atomic E-state index is 0.0510. The first-order chi connectivity index (χ1) is 15.4. The van der Waals surface area contributed by atoms with Gasteiger partial charge < -0.3 is 20.1 Å². The molecule has 33 heavy (non-hydrogen) atoms. The molecule has 2 N–H and O–H groups in total. The van der Waals surface area contributed by atoms with E-state index in [0.717, 1.165) is 18.2 Å². The third-order valence-corrected chi connectivity index (χ3v) is 5.26. The first kappa shape index (κ1) is 24.6. The van der Waals surface area contributed by atoms with Gasteiger partial charge in [-0.1, -0.05) is 23.7 Å². The molecular weight excluding hydrogens is 468 g/mol. The SMILES string of the molecule is CC1(NC(=O)Cc2cccc(OC(F)(F)F)c2)CC(NC(=O)COc2ccc(Cl)c(F)c2)C1. The van der Waals surface area contributed by atoms with Crippen molar-refractivity contribution in [2.45, 2.75) is 44.1 Å². The van der Waals surface area contributed by atoms with Crippen LogP contribution in [0.2, 0.25) is 5.02 Å². The molecule has 2 amide bonds. The minimum atomic E-state index is -4.81. The van der Waals surface area contributed by atoms with Crippen LogP contribution in [0.4, 0.5) is 17.6 Å². The minimum Gasteiger partial charge on any atom is -0.484 e. The van der Waals surface area contributed by atoms with Crippen molar-refractivity contribution >= 4 is 23.4 Å². The van der Waals surface area contributed by atoms with Gasteiger partial charge in [0.15, 0.2) is 6.61 Å². The van der Waals surface area contributed by atoms with Crippen molar-refractivity contribution in [1.29, 1.82) is 0 Å². The van der Waals surface area contributed by atoms with Crippen LogP contribution in [0.15, 0.2) is 42.5 Å². The van der Waals surface area contributed by atoms with Gasteiger partial charge in [-0.05, 0) is 49.6 Å². The van der Waals surface area contributed by atoms with E-state index in [-0.39, 0.29) is 35.7 Å². The topological polar surface area (TPSA) is 76.7 Å². The van der Waals surface area contributed by atoms with Gasteiger partial charge in [0.2, 0.25) is 5.91 Å². The number of nitrogens with one attached hydrogen (secondary N) is 2. The summed E-state index contributed by atoms with van der Waals surface area (Å²) in [4.78, 5) is 24.4. The van der Waals surface area contributed by atoms with Gasteiger partial charge in [0.1, 0.15) is 17.3 Å². The van der Waals surface area contributed by atoms with Gasteiger partial charge in [-0.3, -0.25) is 9.59 Å². The Bertz CT molecular complexity index is 1030. The highest BCUT2D eigenvalue weighted by molar-refractivity contribution is 6.30. The molecule has 0 spiro atoms. The summed E-state index contributed by atoms with van der Waals surface area (Å²) < 4.78 is 59.5. The van der Waals surface area contributed by atoms with E-state index >= 15 is 0 Å². The molecule has 1 fully saturated rings. The van der Waals surface area contributed by atoms with Crippen LogP contribution in [0.1, 0.15) is 25.3 Å². The second kappa shape index (κ2) is 9.86. The van der Waals surface area contributed by atoms with Gasteiger partial charge >= 0.3 is 6.36 Å². The van der Waals surface area contributed by atoms with Crippen molar-refractivity contribution < 1.29 is 36.6 Å². The number of hydrogen-bond acceptors (Lipinski definition) is 4. The summed E-state index contributed by atoms with van der Waals surface area (Å²) in [7, 11) is 0. The largest absolute Gasteiger partial charge is 0.573 e. The summed E-state index contributed by atoms with van der Waals surface area (Å²) in [6.45, 7) is 1.50. The average molecular weight is 489 g/mol. The molecule has 0 aliphatic heterocycles. The number of amides is 2. The zero-order valence-corrected chi connectivity index (χ0v) is 18.2. The van der Waals surface area contributed by atoms with Crippen molar-refractivity contribution in [3.63, 3.8) is 0 Å². The van der Waals surface area contributed by atoms with Crippen LogP contribution in [0.3, 0.4) is 0 Å². The highest BCUT2D eigenvalue weighted by atomic mass is 35.5. The Balaban J connectivity index is 1.41. The number of carbonyl (C=O) groups is 2. The number of hydrogen-bond donors (Lipinski definition) is 2. The van der Waals surface area contributed by atoms with Crippen molar-refractivity contribution in [2.24, 2.45) is 0 Å². The van der Waals surface area contributed by atoms with E-state index < -0.39 is 29.4 Å². The van der Waals surface area contributed by atoms with Crippen LogP contribution in [0.5, 0.6) is 11.5 Å². The average Bonchev–Trinajstić information content (AvgIpc) is 2.66. The molecule has 0 atom stereocenters. The van der Waals surface area contributed by atoms with Crippen LogP contribution in [-0.2, 0) is 16.0 Å². The van der Waals surface area contributed by atoms with Crippen molar-refractivity contribution in [3.05, 3.63) is 58.9 Å². The maximum Gasteiger partial charge on any atom is 0.573 e. The molecule has 11 heteroatoms. The van der Waals surface area contributed by atoms with Crippen LogP contribution in [0.25, 0.3) is 0 Å². The van der Waals surface area contributed by atoms with Gasteiger partial charge in [0.05, 0.1) is 11.4 Å². The number of benzene rings is 2. The Kier molecular flexibility index (Phi) is 7.36. The van der Waals surface area contributed by atoms with Gasteiger partial charge in [0, 0.05) is 17.6 Å². The smallest absolute Gasteiger partial charge is 0.484 e. The summed E-state index contributed by atoms with van der Waals surface area (Å²) in [5, 5.41) is 5.55. The lowest BCUT2D eigenvalue weighted by atomic mass is 9.74. The second-order valence-corrected chi connectivity index (χ2v) is 8.43. The van der Waals surface area contributed by atoms with Crippen LogP contribution >= 0.6 is 11.6 Å². The molecule has 0 radical (unpaired) electrons. The fourth-order valence-electron chi connectivity index (χ4n) is 3.64. The van der Waals surface area contributed by atoms with E-state index in [9.17, 15) is 27.2 Å². The number of rotatable bonds is 8. The molecule has 3 rings (SSSR count). The van der Waals surface area contributed by atoms with Crippen molar-refractivity contribution in [1.82, 2.24) is 10.6 Å². The maximum absolute atomic E-state index is 13.4. The molecule has 178 valence electrons. The van der Waals surface area contributed by atoms with Crippen LogP contribution in [-0.4, -0.2) is 36.4 Å². The number of carbonyl (C=O) groups excluding carboxylic acids is 2. The summed E-state index contributed by atoms with van der Waals surface area (Å²) in [6.07, 6.45) is -3.99. The van der Waals surface area contributed by atoms with E-state index in [1.807, 2.05) is 6.92 Å². The quantitative estimate of drug-likeness (QED) is 0.547. The molecule has 0 unspecified atom stereocenters. The highest BCUT2D eigenvalue weighted by Crippen LogP contribution is 2.32. The normalized spacial score (nSPS) is 19.9. The van der Waals surface area contributed by atoms with Gasteiger partial charge in [-0.25, -0.2) is 4.39 Å². The highest BCUT2D eigenvalue weighted by Gasteiger charge is 2.42. The molecular formula is C22H21ClF4N2O4. The maximum atomic E-state index is 13.4. The Labute approximate surface area is 192 Å². The Morgan fingerprint density at radius 3 is 2.52 bits per heavy atom. The molecule has 0 heterocycles. The zero-order chi connectivity index (χ0) is 24.2. The monoisotopic (exact) mass is 488 g/mol. The second-order valence-electron chi connectivity index (χ2n) is 8.02. The molecule has 0 bridgehead atoms. The zero-order valence-electron chi connectivity index (χ0n) is 17.5. The predicted octanol–water partition coefficient (Wildman–Crippen LogP) is 4.15. The summed E-state index contributed by atoms with van der Waals surface area (Å²) in [5.74, 6) is -1.64. The fraction of sp³-hybridized carbons (Fsp3) is 0.364. The Morgan fingerprint density at radius 2 is 1.85 bits per heavy atom. The summed E-state index contributed by atoms with van der Waals surface area (Å²) in [6, 6.07) is 8.88. The van der Waals surface area contributed by atoms with E-state index in [2.05, 4.69) is 15.4 Å². The molecule has 0 aromatic heterocycles. The van der Waals surface area contributed by atoms with Crippen molar-refractivity contribution in [3.8, 4) is 11.5 Å². The van der Waals surface area contributed by atoms with E-state index in [1.165, 1.54) is 24.3 Å². The standard InChI is InChI=1S/C22H21ClF4N2O4/c1-21(29-19(30)8-13-3-2-4-16(7-13)33-22(25,26)27)10-14(11-21)28-20(31)12-32-15-5-6-17(23)18(24)9-15/h2-7,9,14H,8,10-12H2,1H3,(H,28,31)(H,29,30). The Hall–Kier alpha value is -3.01. The van der Waals surface area contributed by atoms with Gasteiger partial charge in [0.25, 0.3) is 5.91 Å². The molecule has 6 nitrogen and oxygen atoms in total. The number of alkyl halides is 3. The number of halogens is 5. The van der Waals surface area contributed by atoms with E-state index in [0.29, 0.717) is 18.4 Å². The first-order valence-electron chi connectivity index (χ1n) is 9.94. The van der Waals surface area contributed by atoms with Crippen molar-refractivity contribution in [2.75, 3.05) is 6.61 Å². The van der Waals surface area contributed by atoms with Gasteiger partial charge in [-0.2, -0.15) is 0 Å². The third-order valence-electron chi connectivity index (χ3n) is 4.96. The number of ether oxygens (including phenoxy) is 2. The molecule has 2 aromatic rings. The molecule has 1 saturated carbocycles. The third kappa shape index (κ3) is 7.52. The van der Waals surface area contributed by atoms with Crippen LogP contribution < -0.4 is 20.1 Å². The Morgan fingerprint density at radius 1 is 1.12 bits per heavy atom. The van der Waals surface area contributed by atoms with Crippen LogP contribution in [0, 0.1) is 5.82 Å². The predicted molar refractivity (Wildman–Crippen MR) is 111 cm³/mol. The summed E-state index contributed by atoms with van der Waals surface area (Å²) in [5.41, 5.74) is -0.187. The lowest BCUT2D eigenvalue weighted by Gasteiger charge is -2.46. The summed E-state index contributed by atoms with van der Waals surface area (Å²) >= 11 is 5.59. The molecule has 0 saturated heterocycles. The molecule has 2 aromatic carbocycles. The molecule has 1 aliphatic carbocycles. The van der Waals surface area contributed by atoms with E-state index in [1.54, 1.807) is 0 Å². The van der Waals surface area contributed by atoms with E-state index in [4.69, 9.17) is 16.3 Å². The van der Waals surface area contributed by atoms with Gasteiger partial charge in [-0.15, -0.1) is 13.2 Å². The first-order valence-corrected chi connectivity index (χ1v) is 10.3. The lowest BCUT2D eigenvalue weighted by Crippen LogP contribution is -2.62. The fourth-order valence-corrected chi connectivity index (χ4v) is 3.75. The molecule has 1 aliphatic rings. The lowest BCUT2D eigenvalue weighted by molar-refractivity contribution is -0.274.